The van der Waals surface area contributed by atoms with Crippen LogP contribution in [0.2, 0.25) is 0 Å². The Balaban J connectivity index is 4.45. The van der Waals surface area contributed by atoms with Crippen molar-refractivity contribution in [2.45, 2.75) is 174 Å². The van der Waals surface area contributed by atoms with Gasteiger partial charge < -0.3 is 23.8 Å². The first kappa shape index (κ1) is 54.5. The summed E-state index contributed by atoms with van der Waals surface area (Å²) >= 11 is 0. The van der Waals surface area contributed by atoms with Crippen LogP contribution < -0.4 is 0 Å². The van der Waals surface area contributed by atoms with Gasteiger partial charge in [0, 0.05) is 19.3 Å². The first-order valence-electron chi connectivity index (χ1n) is 22.6. The van der Waals surface area contributed by atoms with Gasteiger partial charge in [0.1, 0.15) is 6.61 Å². The molecule has 0 aromatic carbocycles. The number of carbonyl (C=O) groups excluding carboxylic acids is 2. The minimum absolute atomic E-state index is 0.0352. The van der Waals surface area contributed by atoms with E-state index in [9.17, 15) is 19.5 Å². The molecule has 0 aromatic rings. The Morgan fingerprint density at radius 3 is 1.48 bits per heavy atom. The lowest BCUT2D eigenvalue weighted by molar-refractivity contribution is -0.887. The second-order valence-corrected chi connectivity index (χ2v) is 15.9. The summed E-state index contributed by atoms with van der Waals surface area (Å²) in [6.45, 7) is 4.51. The van der Waals surface area contributed by atoms with Crippen LogP contribution in [0.5, 0.6) is 0 Å². The number of hydrogen-bond acceptors (Lipinski definition) is 6. The van der Waals surface area contributed by atoms with Crippen molar-refractivity contribution >= 4 is 17.9 Å². The number of carboxylic acids is 1. The molecule has 0 fully saturated rings. The smallest absolute Gasteiger partial charge is 0.362 e. The maximum Gasteiger partial charge on any atom is 0.362 e. The molecule has 0 aliphatic carbocycles. The predicted octanol–water partition coefficient (Wildman–Crippen LogP) is 12.5. The van der Waals surface area contributed by atoms with Gasteiger partial charge in [-0.15, -0.1) is 0 Å². The van der Waals surface area contributed by atoms with Crippen molar-refractivity contribution < 1.29 is 38.2 Å². The maximum atomic E-state index is 12.7. The van der Waals surface area contributed by atoms with Gasteiger partial charge in [-0.3, -0.25) is 9.59 Å². The molecule has 1 N–H and O–H groups in total. The lowest BCUT2D eigenvalue weighted by Gasteiger charge is -2.31. The van der Waals surface area contributed by atoms with Crippen molar-refractivity contribution in [1.29, 1.82) is 0 Å². The highest BCUT2D eigenvalue weighted by Crippen LogP contribution is 2.13. The van der Waals surface area contributed by atoms with Crippen LogP contribution in [-0.2, 0) is 28.6 Å². The van der Waals surface area contributed by atoms with E-state index in [2.05, 4.69) is 98.9 Å². The Labute approximate surface area is 354 Å². The van der Waals surface area contributed by atoms with E-state index < -0.39 is 18.1 Å². The fourth-order valence-corrected chi connectivity index (χ4v) is 6.04. The number of aliphatic carboxylic acids is 1. The van der Waals surface area contributed by atoms with E-state index in [-0.39, 0.29) is 42.7 Å². The number of carboxylic acid groups (broad SMARTS) is 1. The minimum Gasteiger partial charge on any atom is -0.477 e. The van der Waals surface area contributed by atoms with Crippen molar-refractivity contribution in [2.75, 3.05) is 41.0 Å². The standard InChI is InChI=1S/C50H83NO7/c1-6-8-10-12-14-16-18-20-22-24-26-28-30-32-34-36-38-40-48(52)57-45-46(44-56-43-42-47(50(54)55)51(3,4)5)58-49(53)41-39-37-35-33-31-29-27-25-23-21-19-17-15-13-11-9-7-2/h8,10,14-17,20-23,26,28,32,34,46-47H,6-7,9,11-13,18-19,24-25,27,29-31,33,35-45H2,1-5H3/p+1/b10-8+,16-14+,17-15+,22-20+,23-21+,28-26+,34-32+. The molecule has 58 heavy (non-hydrogen) atoms. The lowest BCUT2D eigenvalue weighted by Crippen LogP contribution is -2.50. The molecule has 8 heteroatoms. The minimum atomic E-state index is -0.887. The Hall–Kier alpha value is -3.49. The summed E-state index contributed by atoms with van der Waals surface area (Å²) in [4.78, 5) is 37.0. The third-order valence-electron chi connectivity index (χ3n) is 9.53. The number of rotatable bonds is 39. The second-order valence-electron chi connectivity index (χ2n) is 15.9. The lowest BCUT2D eigenvalue weighted by atomic mass is 10.1. The molecular formula is C50H84NO7+. The van der Waals surface area contributed by atoms with Gasteiger partial charge in [-0.05, 0) is 83.5 Å². The molecule has 2 atom stereocenters. The van der Waals surface area contributed by atoms with Crippen LogP contribution in [0.25, 0.3) is 0 Å². The molecule has 0 aromatic heterocycles. The number of quaternary nitrogens is 1. The largest absolute Gasteiger partial charge is 0.477 e. The average molecular weight is 811 g/mol. The Morgan fingerprint density at radius 1 is 0.534 bits per heavy atom. The quantitative estimate of drug-likeness (QED) is 0.0286. The van der Waals surface area contributed by atoms with E-state index in [1.807, 2.05) is 21.1 Å². The molecule has 0 aliphatic rings. The van der Waals surface area contributed by atoms with Gasteiger partial charge in [0.05, 0.1) is 34.4 Å². The molecule has 0 spiro atoms. The van der Waals surface area contributed by atoms with Crippen molar-refractivity contribution in [3.05, 3.63) is 85.1 Å². The summed E-state index contributed by atoms with van der Waals surface area (Å²) in [5, 5.41) is 9.62. The molecule has 330 valence electrons. The van der Waals surface area contributed by atoms with Gasteiger partial charge in [0.15, 0.2) is 12.1 Å². The number of ether oxygens (including phenoxy) is 3. The number of carbonyl (C=O) groups is 3. The van der Waals surface area contributed by atoms with Crippen LogP contribution in [-0.4, -0.2) is 80.6 Å². The molecular weight excluding hydrogens is 727 g/mol. The zero-order chi connectivity index (χ0) is 42.8. The fraction of sp³-hybridized carbons (Fsp3) is 0.660. The molecule has 0 heterocycles. The number of esters is 2. The van der Waals surface area contributed by atoms with E-state index in [4.69, 9.17) is 14.2 Å². The highest BCUT2D eigenvalue weighted by molar-refractivity contribution is 5.72. The predicted molar refractivity (Wildman–Crippen MR) is 243 cm³/mol. The van der Waals surface area contributed by atoms with Crippen LogP contribution >= 0.6 is 0 Å². The van der Waals surface area contributed by atoms with Gasteiger partial charge in [-0.25, -0.2) is 4.79 Å². The SMILES string of the molecule is CC/C=C/C/C=C/C/C=C/C/C=C/C/C=C/CCCC(=O)OCC(COCCC(C(=O)O)[N+](C)(C)C)OC(=O)CCCCCCCCC/C=C/C/C=C/CCCCC. The molecule has 0 rings (SSSR count). The summed E-state index contributed by atoms with van der Waals surface area (Å²) in [7, 11) is 5.50. The Bertz CT molecular complexity index is 1220. The van der Waals surface area contributed by atoms with Gasteiger partial charge >= 0.3 is 17.9 Å². The molecule has 2 unspecified atom stereocenters. The summed E-state index contributed by atoms with van der Waals surface area (Å²) in [5.74, 6) is -1.56. The average Bonchev–Trinajstić information content (AvgIpc) is 3.18. The first-order valence-corrected chi connectivity index (χ1v) is 22.6. The van der Waals surface area contributed by atoms with Gasteiger partial charge in [0.2, 0.25) is 0 Å². The summed E-state index contributed by atoms with van der Waals surface area (Å²) < 4.78 is 17.2. The van der Waals surface area contributed by atoms with Gasteiger partial charge in [-0.1, -0.05) is 144 Å². The van der Waals surface area contributed by atoms with Crippen LogP contribution in [0.3, 0.4) is 0 Å². The second kappa shape index (κ2) is 40.3. The van der Waals surface area contributed by atoms with Crippen molar-refractivity contribution in [3.63, 3.8) is 0 Å². The monoisotopic (exact) mass is 811 g/mol. The molecule has 8 nitrogen and oxygen atoms in total. The van der Waals surface area contributed by atoms with E-state index >= 15 is 0 Å². The number of unbranched alkanes of at least 4 members (excludes halogenated alkanes) is 11. The highest BCUT2D eigenvalue weighted by Gasteiger charge is 2.31. The maximum absolute atomic E-state index is 12.7. The molecule has 0 aliphatic heterocycles. The van der Waals surface area contributed by atoms with Crippen LogP contribution in [0.4, 0.5) is 0 Å². The summed E-state index contributed by atoms with van der Waals surface area (Å²) in [6.07, 6.45) is 52.0. The number of allylic oxidation sites excluding steroid dienone is 14. The summed E-state index contributed by atoms with van der Waals surface area (Å²) in [5.41, 5.74) is 0. The molecule has 0 saturated carbocycles. The first-order chi connectivity index (χ1) is 28.1. The molecule has 0 radical (unpaired) electrons. The van der Waals surface area contributed by atoms with Crippen LogP contribution in [0.1, 0.15) is 162 Å². The zero-order valence-electron chi connectivity index (χ0n) is 37.5. The summed E-state index contributed by atoms with van der Waals surface area (Å²) in [6, 6.07) is -0.629. The number of nitrogens with zero attached hydrogens (tertiary/aromatic N) is 1. The Kier molecular flexibility index (Phi) is 37.9. The van der Waals surface area contributed by atoms with E-state index in [0.29, 0.717) is 19.3 Å². The topological polar surface area (TPSA) is 99.1 Å². The third-order valence-corrected chi connectivity index (χ3v) is 9.53. The molecule has 0 bridgehead atoms. The van der Waals surface area contributed by atoms with Crippen molar-refractivity contribution in [1.82, 2.24) is 0 Å². The van der Waals surface area contributed by atoms with E-state index in [0.717, 1.165) is 77.0 Å². The normalized spacial score (nSPS) is 13.7. The highest BCUT2D eigenvalue weighted by atomic mass is 16.6. The van der Waals surface area contributed by atoms with Gasteiger partial charge in [-0.2, -0.15) is 0 Å². The van der Waals surface area contributed by atoms with E-state index in [1.54, 1.807) is 0 Å². The number of likely N-dealkylation sites (N-methyl/N-ethyl adjacent to an activating group) is 1. The fourth-order valence-electron chi connectivity index (χ4n) is 6.04. The molecule has 0 saturated heterocycles. The van der Waals surface area contributed by atoms with Gasteiger partial charge in [0.25, 0.3) is 0 Å². The van der Waals surface area contributed by atoms with Crippen LogP contribution in [0, 0.1) is 0 Å². The zero-order valence-corrected chi connectivity index (χ0v) is 37.5. The van der Waals surface area contributed by atoms with Crippen molar-refractivity contribution in [2.24, 2.45) is 0 Å². The third kappa shape index (κ3) is 38.1. The Morgan fingerprint density at radius 2 is 0.983 bits per heavy atom. The number of hydrogen-bond donors (Lipinski definition) is 1. The van der Waals surface area contributed by atoms with E-state index in [1.165, 1.54) is 44.9 Å². The van der Waals surface area contributed by atoms with Crippen molar-refractivity contribution in [3.8, 4) is 0 Å². The van der Waals surface area contributed by atoms with Crippen LogP contribution in [0.15, 0.2) is 85.1 Å². The molecule has 0 amide bonds.